The van der Waals surface area contributed by atoms with Crippen LogP contribution in [-0.4, -0.2) is 29.0 Å². The smallest absolute Gasteiger partial charge is 0.123 e. The number of thiazole rings is 1. The zero-order valence-corrected chi connectivity index (χ0v) is 12.9. The monoisotopic (exact) mass is 303 g/mol. The van der Waals surface area contributed by atoms with E-state index in [1.807, 2.05) is 23.7 Å². The van der Waals surface area contributed by atoms with E-state index in [0.717, 1.165) is 24.5 Å². The second-order valence-electron chi connectivity index (χ2n) is 5.51. The summed E-state index contributed by atoms with van der Waals surface area (Å²) in [6.45, 7) is 2.17. The zero-order chi connectivity index (χ0) is 14.5. The van der Waals surface area contributed by atoms with Crippen LogP contribution in [0.25, 0.3) is 0 Å². The van der Waals surface area contributed by atoms with Gasteiger partial charge in [-0.3, -0.25) is 4.90 Å². The fourth-order valence-corrected chi connectivity index (χ4v) is 3.51. The Morgan fingerprint density at radius 2 is 2.14 bits per heavy atom. The molecule has 0 saturated carbocycles. The van der Waals surface area contributed by atoms with E-state index in [9.17, 15) is 4.39 Å². The highest BCUT2D eigenvalue weighted by Crippen LogP contribution is 2.23. The van der Waals surface area contributed by atoms with Gasteiger partial charge in [0.1, 0.15) is 5.82 Å². The molecule has 111 valence electrons. The largest absolute Gasteiger partial charge is 0.299 e. The van der Waals surface area contributed by atoms with Gasteiger partial charge in [-0.05, 0) is 43.5 Å². The summed E-state index contributed by atoms with van der Waals surface area (Å²) in [4.78, 5) is 6.90. The van der Waals surface area contributed by atoms with E-state index in [-0.39, 0.29) is 5.82 Å². The van der Waals surface area contributed by atoms with Crippen molar-refractivity contribution in [3.63, 3.8) is 0 Å². The summed E-state index contributed by atoms with van der Waals surface area (Å²) in [7, 11) is 0. The second kappa shape index (κ2) is 7.14. The van der Waals surface area contributed by atoms with Crippen LogP contribution in [0.5, 0.6) is 0 Å². The summed E-state index contributed by atoms with van der Waals surface area (Å²) in [6, 6.07) is 7.36. The molecule has 1 aromatic heterocycles. The van der Waals surface area contributed by atoms with Crippen LogP contribution in [0.15, 0.2) is 35.8 Å². The van der Waals surface area contributed by atoms with E-state index >= 15 is 0 Å². The third-order valence-electron chi connectivity index (χ3n) is 4.05. The summed E-state index contributed by atoms with van der Waals surface area (Å²) < 4.78 is 12.9. The maximum absolute atomic E-state index is 12.9. The first-order valence-corrected chi connectivity index (χ1v) is 8.42. The molecule has 1 aliphatic heterocycles. The van der Waals surface area contributed by atoms with Crippen LogP contribution in [0.3, 0.4) is 0 Å². The van der Waals surface area contributed by atoms with E-state index in [4.69, 9.17) is 0 Å². The lowest BCUT2D eigenvalue weighted by Crippen LogP contribution is -2.41. The van der Waals surface area contributed by atoms with Gasteiger partial charge >= 0.3 is 0 Å². The molecule has 1 aliphatic rings. The van der Waals surface area contributed by atoms with Gasteiger partial charge < -0.3 is 0 Å². The van der Waals surface area contributed by atoms with Crippen molar-refractivity contribution in [2.45, 2.75) is 31.7 Å². The molecule has 2 nitrogen and oxygen atoms in total. The molecule has 21 heavy (non-hydrogen) atoms. The molecule has 0 N–H and O–H groups in total. The Bertz CT molecular complexity index is 538. The maximum atomic E-state index is 12.9. The normalized spacial score (nSPS) is 19.8. The van der Waals surface area contributed by atoms with Crippen LogP contribution >= 0.6 is 11.3 Å². The molecule has 1 unspecified atom stereocenters. The van der Waals surface area contributed by atoms with Gasteiger partial charge in [-0.25, -0.2) is 9.37 Å². The van der Waals surface area contributed by atoms with Crippen molar-refractivity contribution in [1.29, 1.82) is 0 Å². The fraction of sp³-hybridized carbons (Fsp3) is 0.412. The first-order valence-electron chi connectivity index (χ1n) is 7.54. The minimum Gasteiger partial charge on any atom is -0.299 e. The quantitative estimate of drug-likeness (QED) is 0.832. The Morgan fingerprint density at radius 3 is 2.90 bits per heavy atom. The van der Waals surface area contributed by atoms with Crippen molar-refractivity contribution < 1.29 is 4.39 Å². The lowest BCUT2D eigenvalue weighted by Gasteiger charge is -2.35. The Kier molecular flexibility index (Phi) is 4.99. The van der Waals surface area contributed by atoms with Gasteiger partial charge in [0.15, 0.2) is 0 Å². The van der Waals surface area contributed by atoms with Gasteiger partial charge in [-0.1, -0.05) is 18.6 Å². The standard InChI is InChI=1S/C17H20FN2S/c18-15-6-4-14(5-7-15)8-11-20-10-2-1-3-16(20)13-17-19-9-12-21-17/h4-7,9,12-13,16H,1-3,8,10-11H2. The third kappa shape index (κ3) is 4.11. The molecule has 1 saturated heterocycles. The highest BCUT2D eigenvalue weighted by molar-refractivity contribution is 7.09. The summed E-state index contributed by atoms with van der Waals surface area (Å²) in [5.74, 6) is -0.160. The first kappa shape index (κ1) is 14.7. The number of benzene rings is 1. The van der Waals surface area contributed by atoms with Crippen molar-refractivity contribution in [1.82, 2.24) is 9.88 Å². The molecule has 3 rings (SSSR count). The second-order valence-corrected chi connectivity index (χ2v) is 6.44. The maximum Gasteiger partial charge on any atom is 0.123 e. The van der Waals surface area contributed by atoms with Crippen molar-refractivity contribution in [3.8, 4) is 0 Å². The molecule has 1 fully saturated rings. The van der Waals surface area contributed by atoms with Gasteiger partial charge in [0.2, 0.25) is 0 Å². The topological polar surface area (TPSA) is 16.1 Å². The van der Waals surface area contributed by atoms with E-state index in [1.54, 1.807) is 23.5 Å². The van der Waals surface area contributed by atoms with Crippen LogP contribution in [0.4, 0.5) is 4.39 Å². The Labute approximate surface area is 129 Å². The van der Waals surface area contributed by atoms with Crippen LogP contribution in [0.1, 0.15) is 29.8 Å². The minimum absolute atomic E-state index is 0.160. The van der Waals surface area contributed by atoms with Gasteiger partial charge in [-0.15, -0.1) is 11.3 Å². The Morgan fingerprint density at radius 1 is 1.29 bits per heavy atom. The Balaban J connectivity index is 1.57. The molecule has 2 heterocycles. The van der Waals surface area contributed by atoms with E-state index in [2.05, 4.69) is 16.3 Å². The summed E-state index contributed by atoms with van der Waals surface area (Å²) in [6.07, 6.45) is 8.91. The van der Waals surface area contributed by atoms with Crippen LogP contribution in [0.2, 0.25) is 0 Å². The van der Waals surface area contributed by atoms with Crippen LogP contribution in [-0.2, 0) is 6.42 Å². The molecule has 0 bridgehead atoms. The molecular formula is C17H20FN2S. The molecule has 1 radical (unpaired) electrons. The average Bonchev–Trinajstić information content (AvgIpc) is 3.01. The molecule has 0 amide bonds. The minimum atomic E-state index is -0.160. The number of hydrogen-bond donors (Lipinski definition) is 0. The van der Waals surface area contributed by atoms with Crippen molar-refractivity contribution in [2.75, 3.05) is 13.1 Å². The van der Waals surface area contributed by atoms with Gasteiger partial charge in [-0.2, -0.15) is 0 Å². The SMILES string of the molecule is Fc1ccc(CCN2CCCCC2[CH]c2nccs2)cc1. The lowest BCUT2D eigenvalue weighted by atomic mass is 9.98. The highest BCUT2D eigenvalue weighted by Gasteiger charge is 2.23. The number of halogens is 1. The first-order chi connectivity index (χ1) is 10.3. The number of piperidine rings is 1. The summed E-state index contributed by atoms with van der Waals surface area (Å²) in [5.41, 5.74) is 1.20. The number of nitrogens with zero attached hydrogens (tertiary/aromatic N) is 2. The van der Waals surface area contributed by atoms with Crippen molar-refractivity contribution in [3.05, 3.63) is 58.7 Å². The predicted octanol–water partition coefficient (Wildman–Crippen LogP) is 3.93. The van der Waals surface area contributed by atoms with Gasteiger partial charge in [0, 0.05) is 30.6 Å². The molecule has 1 aromatic carbocycles. The zero-order valence-electron chi connectivity index (χ0n) is 12.0. The number of aromatic nitrogens is 1. The Hall–Kier alpha value is -1.26. The van der Waals surface area contributed by atoms with Gasteiger partial charge in [0.25, 0.3) is 0 Å². The summed E-state index contributed by atoms with van der Waals surface area (Å²) in [5, 5.41) is 3.14. The number of likely N-dealkylation sites (tertiary alicyclic amines) is 1. The van der Waals surface area contributed by atoms with Gasteiger partial charge in [0.05, 0.1) is 5.01 Å². The van der Waals surface area contributed by atoms with Crippen LogP contribution in [0, 0.1) is 12.2 Å². The molecule has 0 spiro atoms. The fourth-order valence-electron chi connectivity index (χ4n) is 2.89. The van der Waals surface area contributed by atoms with Crippen molar-refractivity contribution >= 4 is 11.3 Å². The highest BCUT2D eigenvalue weighted by atomic mass is 32.1. The number of rotatable bonds is 5. The molecule has 0 aliphatic carbocycles. The number of hydrogen-bond acceptors (Lipinski definition) is 3. The lowest BCUT2D eigenvalue weighted by molar-refractivity contribution is 0.173. The molecule has 1 atom stereocenters. The van der Waals surface area contributed by atoms with E-state index < -0.39 is 0 Å². The average molecular weight is 303 g/mol. The molecule has 2 aromatic rings. The van der Waals surface area contributed by atoms with E-state index in [1.165, 1.54) is 24.8 Å². The third-order valence-corrected chi connectivity index (χ3v) is 4.79. The molecule has 4 heteroatoms. The van der Waals surface area contributed by atoms with Crippen molar-refractivity contribution in [2.24, 2.45) is 0 Å². The predicted molar refractivity (Wildman–Crippen MR) is 84.8 cm³/mol. The van der Waals surface area contributed by atoms with E-state index in [0.29, 0.717) is 6.04 Å². The molecular weight excluding hydrogens is 283 g/mol. The van der Waals surface area contributed by atoms with Crippen LogP contribution < -0.4 is 0 Å². The summed E-state index contributed by atoms with van der Waals surface area (Å²) >= 11 is 1.70.